The molecule has 10 heteroatoms. The smallest absolute Gasteiger partial charge is 0.325 e. The molecule has 2 fully saturated rings. The first-order valence-corrected chi connectivity index (χ1v) is 13.3. The van der Waals surface area contributed by atoms with Gasteiger partial charge in [-0.15, -0.1) is 0 Å². The third-order valence-corrected chi connectivity index (χ3v) is 8.34. The fraction of sp³-hybridized carbons (Fsp3) is 0.400. The van der Waals surface area contributed by atoms with Gasteiger partial charge in [0.15, 0.2) is 9.84 Å². The number of benzene rings is 2. The van der Waals surface area contributed by atoms with Crippen LogP contribution in [0.4, 0.5) is 10.5 Å². The van der Waals surface area contributed by atoms with Gasteiger partial charge in [-0.05, 0) is 56.0 Å². The molecule has 2 aliphatic rings. The Hall–Kier alpha value is -3.40. The summed E-state index contributed by atoms with van der Waals surface area (Å²) in [6.07, 6.45) is 1.21. The van der Waals surface area contributed by atoms with Crippen LogP contribution in [0.25, 0.3) is 0 Å². The van der Waals surface area contributed by atoms with E-state index in [-0.39, 0.29) is 11.5 Å². The predicted molar refractivity (Wildman–Crippen MR) is 131 cm³/mol. The van der Waals surface area contributed by atoms with Crippen LogP contribution >= 0.6 is 0 Å². The number of ether oxygens (including phenoxy) is 1. The Morgan fingerprint density at radius 3 is 2.43 bits per heavy atom. The lowest BCUT2D eigenvalue weighted by Crippen LogP contribution is -2.49. The van der Waals surface area contributed by atoms with Gasteiger partial charge in [0, 0.05) is 5.69 Å². The first kappa shape index (κ1) is 24.7. The van der Waals surface area contributed by atoms with Crippen LogP contribution in [0, 0.1) is 0 Å². The fourth-order valence-corrected chi connectivity index (χ4v) is 6.28. The highest BCUT2D eigenvalue weighted by Gasteiger charge is 2.48. The van der Waals surface area contributed by atoms with Crippen LogP contribution in [0.5, 0.6) is 5.75 Å². The van der Waals surface area contributed by atoms with E-state index in [2.05, 4.69) is 5.32 Å². The van der Waals surface area contributed by atoms with E-state index < -0.39 is 45.8 Å². The van der Waals surface area contributed by atoms with Crippen molar-refractivity contribution in [2.45, 2.75) is 37.8 Å². The molecule has 2 unspecified atom stereocenters. The highest BCUT2D eigenvalue weighted by atomic mass is 32.2. The average Bonchev–Trinajstić information content (AvgIpc) is 3.30. The summed E-state index contributed by atoms with van der Waals surface area (Å²) < 4.78 is 29.3. The van der Waals surface area contributed by atoms with Gasteiger partial charge in [0.25, 0.3) is 5.91 Å². The van der Waals surface area contributed by atoms with Gasteiger partial charge < -0.3 is 15.0 Å². The second kappa shape index (κ2) is 9.69. The summed E-state index contributed by atoms with van der Waals surface area (Å²) in [4.78, 5) is 41.7. The van der Waals surface area contributed by atoms with Crippen LogP contribution in [-0.2, 0) is 25.8 Å². The number of methoxy groups -OCH3 is 1. The number of imide groups is 1. The van der Waals surface area contributed by atoms with Crippen molar-refractivity contribution in [1.82, 2.24) is 10.2 Å². The van der Waals surface area contributed by atoms with Crippen molar-refractivity contribution in [2.75, 3.05) is 30.1 Å². The zero-order valence-corrected chi connectivity index (χ0v) is 20.6. The Morgan fingerprint density at radius 1 is 1.14 bits per heavy atom. The maximum Gasteiger partial charge on any atom is 0.325 e. The number of anilines is 1. The molecule has 4 rings (SSSR count). The molecule has 0 aliphatic carbocycles. The third-order valence-electron chi connectivity index (χ3n) is 6.59. The van der Waals surface area contributed by atoms with Gasteiger partial charge in [-0.1, -0.05) is 30.3 Å². The SMILES string of the molecule is COc1ccc(CCC2(C)NC(=O)N(CC(=O)N(c3ccccc3)C3CCS(=O)(=O)C3)C2=O)cc1. The van der Waals surface area contributed by atoms with E-state index in [9.17, 15) is 22.8 Å². The molecule has 2 aliphatic heterocycles. The first-order chi connectivity index (χ1) is 16.6. The normalized spacial score (nSPS) is 23.3. The number of aryl methyl sites for hydroxylation is 1. The number of amides is 4. The van der Waals surface area contributed by atoms with Crippen LogP contribution in [0.2, 0.25) is 0 Å². The molecule has 0 saturated carbocycles. The molecule has 2 aromatic rings. The second-order valence-corrected chi connectivity index (χ2v) is 11.4. The van der Waals surface area contributed by atoms with E-state index >= 15 is 0 Å². The number of rotatable bonds is 8. The number of nitrogens with zero attached hydrogens (tertiary/aromatic N) is 2. The third kappa shape index (κ3) is 5.32. The minimum atomic E-state index is -3.25. The number of nitrogens with one attached hydrogen (secondary N) is 1. The average molecular weight is 500 g/mol. The molecule has 0 bridgehead atoms. The molecule has 1 N–H and O–H groups in total. The van der Waals surface area contributed by atoms with E-state index in [0.29, 0.717) is 24.9 Å². The summed E-state index contributed by atoms with van der Waals surface area (Å²) >= 11 is 0. The van der Waals surface area contributed by atoms with E-state index in [0.717, 1.165) is 16.2 Å². The molecule has 0 spiro atoms. The molecule has 9 nitrogen and oxygen atoms in total. The molecule has 2 heterocycles. The van der Waals surface area contributed by atoms with Crippen LogP contribution in [-0.4, -0.2) is 67.9 Å². The summed E-state index contributed by atoms with van der Waals surface area (Å²) in [7, 11) is -1.66. The second-order valence-electron chi connectivity index (χ2n) is 9.16. The van der Waals surface area contributed by atoms with Gasteiger partial charge in [-0.2, -0.15) is 0 Å². The molecule has 0 radical (unpaired) electrons. The van der Waals surface area contributed by atoms with Crippen molar-refractivity contribution in [2.24, 2.45) is 0 Å². The van der Waals surface area contributed by atoms with Crippen molar-refractivity contribution < 1.29 is 27.5 Å². The summed E-state index contributed by atoms with van der Waals surface area (Å²) in [6, 6.07) is 15.0. The molecule has 2 aromatic carbocycles. The molecule has 35 heavy (non-hydrogen) atoms. The van der Waals surface area contributed by atoms with Gasteiger partial charge in [-0.25, -0.2) is 13.2 Å². The lowest BCUT2D eigenvalue weighted by atomic mass is 9.93. The zero-order valence-electron chi connectivity index (χ0n) is 19.8. The minimum absolute atomic E-state index is 0.000836. The van der Waals surface area contributed by atoms with Crippen LogP contribution < -0.4 is 15.0 Å². The maximum atomic E-state index is 13.4. The molecule has 186 valence electrons. The lowest BCUT2D eigenvalue weighted by Gasteiger charge is -2.30. The van der Waals surface area contributed by atoms with Gasteiger partial charge in [0.1, 0.15) is 17.8 Å². The number of carbonyl (C=O) groups is 3. The van der Waals surface area contributed by atoms with Gasteiger partial charge in [0.2, 0.25) is 5.91 Å². The highest BCUT2D eigenvalue weighted by molar-refractivity contribution is 7.91. The summed E-state index contributed by atoms with van der Waals surface area (Å²) in [5, 5.41) is 2.74. The summed E-state index contributed by atoms with van der Waals surface area (Å²) in [6.45, 7) is 1.19. The van der Waals surface area contributed by atoms with Crippen LogP contribution in [0.1, 0.15) is 25.3 Å². The monoisotopic (exact) mass is 499 g/mol. The van der Waals surface area contributed by atoms with Crippen LogP contribution in [0.3, 0.4) is 0 Å². The number of urea groups is 1. The molecule has 0 aromatic heterocycles. The van der Waals surface area contributed by atoms with Gasteiger partial charge in [0.05, 0.1) is 24.7 Å². The molecule has 2 atom stereocenters. The number of sulfone groups is 1. The Morgan fingerprint density at radius 2 is 1.83 bits per heavy atom. The van der Waals surface area contributed by atoms with E-state index in [1.165, 1.54) is 4.90 Å². The lowest BCUT2D eigenvalue weighted by molar-refractivity contribution is -0.134. The van der Waals surface area contributed by atoms with Crippen molar-refractivity contribution in [3.63, 3.8) is 0 Å². The fourth-order valence-electron chi connectivity index (χ4n) is 4.58. The van der Waals surface area contributed by atoms with Gasteiger partial charge >= 0.3 is 6.03 Å². The Kier molecular flexibility index (Phi) is 6.84. The van der Waals surface area contributed by atoms with Gasteiger partial charge in [-0.3, -0.25) is 14.5 Å². The number of carbonyl (C=O) groups excluding carboxylic acids is 3. The quantitative estimate of drug-likeness (QED) is 0.557. The van der Waals surface area contributed by atoms with E-state index in [4.69, 9.17) is 4.74 Å². The topological polar surface area (TPSA) is 113 Å². The molecular weight excluding hydrogens is 470 g/mol. The zero-order chi connectivity index (χ0) is 25.2. The standard InChI is InChI=1S/C25H29N3O6S/c1-25(14-12-18-8-10-21(34-2)11-9-18)23(30)27(24(31)26-25)16-22(29)28(19-6-4-3-5-7-19)20-13-15-35(32,33)17-20/h3-11,20H,12-17H2,1-2H3,(H,26,31). The minimum Gasteiger partial charge on any atom is -0.497 e. The maximum absolute atomic E-state index is 13.4. The Balaban J connectivity index is 1.48. The summed E-state index contributed by atoms with van der Waals surface area (Å²) in [5.41, 5.74) is 0.376. The number of hydrogen-bond acceptors (Lipinski definition) is 6. The predicted octanol–water partition coefficient (Wildman–Crippen LogP) is 2.16. The van der Waals surface area contributed by atoms with Crippen molar-refractivity contribution in [1.29, 1.82) is 0 Å². The van der Waals surface area contributed by atoms with Crippen molar-refractivity contribution in [3.8, 4) is 5.75 Å². The molecule has 4 amide bonds. The Labute approximate surface area is 205 Å². The highest BCUT2D eigenvalue weighted by Crippen LogP contribution is 2.27. The van der Waals surface area contributed by atoms with E-state index in [1.54, 1.807) is 44.4 Å². The van der Waals surface area contributed by atoms with Crippen LogP contribution in [0.15, 0.2) is 54.6 Å². The molecule has 2 saturated heterocycles. The number of para-hydroxylation sites is 1. The first-order valence-electron chi connectivity index (χ1n) is 11.5. The van der Waals surface area contributed by atoms with Crippen molar-refractivity contribution in [3.05, 3.63) is 60.2 Å². The number of hydrogen-bond donors (Lipinski definition) is 1. The van der Waals surface area contributed by atoms with E-state index in [1.807, 2.05) is 24.3 Å². The summed E-state index contributed by atoms with van der Waals surface area (Å²) in [5.74, 6) is -0.390. The molecular formula is C25H29N3O6S. The Bertz CT molecular complexity index is 1220. The van der Waals surface area contributed by atoms with Crippen molar-refractivity contribution >= 4 is 33.4 Å². The largest absolute Gasteiger partial charge is 0.497 e.